The fourth-order valence-corrected chi connectivity index (χ4v) is 3.55. The molecule has 1 heterocycles. The molecule has 0 amide bonds. The second kappa shape index (κ2) is 5.15. The molecule has 104 valence electrons. The molecule has 0 saturated carbocycles. The molecule has 2 aromatic rings. The molecule has 0 unspecified atom stereocenters. The molecule has 0 spiro atoms. The molecular formula is C11H10BrN5O2S. The van der Waals surface area contributed by atoms with Gasteiger partial charge in [0.15, 0.2) is 10.8 Å². The summed E-state index contributed by atoms with van der Waals surface area (Å²) in [4.78, 5) is 3.74. The van der Waals surface area contributed by atoms with E-state index in [-0.39, 0.29) is 10.8 Å². The van der Waals surface area contributed by atoms with Gasteiger partial charge in [-0.15, -0.1) is 0 Å². The van der Waals surface area contributed by atoms with Crippen molar-refractivity contribution in [3.8, 4) is 6.07 Å². The fraction of sp³-hybridized carbons (Fsp3) is 0.0909. The minimum absolute atomic E-state index is 0.0789. The Balaban J connectivity index is 2.42. The number of rotatable bonds is 3. The number of benzene rings is 1. The summed E-state index contributed by atoms with van der Waals surface area (Å²) in [6, 6.07) is 6.48. The Bertz CT molecular complexity index is 787. The number of hydrogen-bond donors (Lipinski definition) is 2. The zero-order valence-electron chi connectivity index (χ0n) is 10.3. The molecule has 0 saturated heterocycles. The highest BCUT2D eigenvalue weighted by Gasteiger charge is 2.23. The molecule has 0 aliphatic carbocycles. The van der Waals surface area contributed by atoms with Gasteiger partial charge in [0.2, 0.25) is 0 Å². The number of aryl methyl sites for hydroxylation is 1. The number of aromatic nitrogens is 2. The quantitative estimate of drug-likeness (QED) is 0.864. The monoisotopic (exact) mass is 355 g/mol. The van der Waals surface area contributed by atoms with E-state index in [4.69, 9.17) is 11.0 Å². The number of nitrogens with two attached hydrogens (primary N) is 1. The molecule has 0 fully saturated rings. The third-order valence-corrected chi connectivity index (χ3v) is 4.66. The predicted molar refractivity (Wildman–Crippen MR) is 77.3 cm³/mol. The number of imidazole rings is 1. The Kier molecular flexibility index (Phi) is 3.69. The van der Waals surface area contributed by atoms with Gasteiger partial charge >= 0.3 is 0 Å². The van der Waals surface area contributed by atoms with Crippen LogP contribution in [0.1, 0.15) is 5.56 Å². The minimum atomic E-state index is -3.86. The molecule has 0 aliphatic rings. The summed E-state index contributed by atoms with van der Waals surface area (Å²) in [6.07, 6.45) is 1.32. The van der Waals surface area contributed by atoms with Gasteiger partial charge in [0, 0.05) is 11.5 Å². The van der Waals surface area contributed by atoms with Gasteiger partial charge in [-0.3, -0.25) is 4.72 Å². The number of halogens is 1. The number of sulfonamides is 1. The summed E-state index contributed by atoms with van der Waals surface area (Å²) < 4.78 is 28.7. The van der Waals surface area contributed by atoms with Crippen LogP contribution in [0.3, 0.4) is 0 Å². The largest absolute Gasteiger partial charge is 0.381 e. The summed E-state index contributed by atoms with van der Waals surface area (Å²) in [5.41, 5.74) is 6.29. The zero-order chi connectivity index (χ0) is 14.9. The fourth-order valence-electron chi connectivity index (χ4n) is 1.62. The lowest BCUT2D eigenvalue weighted by Crippen LogP contribution is -2.17. The first kappa shape index (κ1) is 14.4. The minimum Gasteiger partial charge on any atom is -0.381 e. The van der Waals surface area contributed by atoms with Crippen LogP contribution in [0.4, 0.5) is 11.5 Å². The summed E-state index contributed by atoms with van der Waals surface area (Å²) in [6.45, 7) is 0. The number of nitrogens with zero attached hydrogens (tertiary/aromatic N) is 3. The standard InChI is InChI=1S/C11H10BrN5O2S/c1-17-6-15-10(14)11(17)20(18,19)16-9-3-2-7(5-13)4-8(9)12/h2-4,6,16H,14H2,1H3. The molecule has 0 bridgehead atoms. The van der Waals surface area contributed by atoms with Crippen LogP contribution in [0.5, 0.6) is 0 Å². The highest BCUT2D eigenvalue weighted by molar-refractivity contribution is 9.10. The number of hydrogen-bond acceptors (Lipinski definition) is 5. The van der Waals surface area contributed by atoms with Gasteiger partial charge in [-0.1, -0.05) is 0 Å². The second-order valence-corrected chi connectivity index (χ2v) is 6.41. The maximum atomic E-state index is 12.3. The highest BCUT2D eigenvalue weighted by Crippen LogP contribution is 2.27. The van der Waals surface area contributed by atoms with E-state index in [9.17, 15) is 8.42 Å². The second-order valence-electron chi connectivity index (χ2n) is 3.96. The van der Waals surface area contributed by atoms with Crippen molar-refractivity contribution >= 4 is 37.5 Å². The molecule has 9 heteroatoms. The van der Waals surface area contributed by atoms with Crippen molar-refractivity contribution in [1.29, 1.82) is 5.26 Å². The lowest BCUT2D eigenvalue weighted by atomic mass is 10.2. The van der Waals surface area contributed by atoms with Crippen LogP contribution in [0.15, 0.2) is 34.0 Å². The van der Waals surface area contributed by atoms with Crippen LogP contribution in [0.2, 0.25) is 0 Å². The Morgan fingerprint density at radius 2 is 2.20 bits per heavy atom. The lowest BCUT2D eigenvalue weighted by molar-refractivity contribution is 0.592. The first-order chi connectivity index (χ1) is 9.35. The lowest BCUT2D eigenvalue weighted by Gasteiger charge is -2.10. The normalized spacial score (nSPS) is 11.1. The van der Waals surface area contributed by atoms with E-state index in [1.54, 1.807) is 0 Å². The van der Waals surface area contributed by atoms with Crippen LogP contribution < -0.4 is 10.5 Å². The molecule has 20 heavy (non-hydrogen) atoms. The highest BCUT2D eigenvalue weighted by atomic mass is 79.9. The van der Waals surface area contributed by atoms with E-state index in [0.717, 1.165) is 0 Å². The van der Waals surface area contributed by atoms with Crippen LogP contribution >= 0.6 is 15.9 Å². The summed E-state index contributed by atoms with van der Waals surface area (Å²) >= 11 is 3.21. The van der Waals surface area contributed by atoms with Crippen molar-refractivity contribution in [2.45, 2.75) is 5.03 Å². The Morgan fingerprint density at radius 1 is 1.50 bits per heavy atom. The van der Waals surface area contributed by atoms with Crippen molar-refractivity contribution in [2.24, 2.45) is 7.05 Å². The summed E-state index contributed by atoms with van der Waals surface area (Å²) in [5.74, 6) is -0.0789. The number of nitrogen functional groups attached to an aromatic ring is 1. The SMILES string of the molecule is Cn1cnc(N)c1S(=O)(=O)Nc1ccc(C#N)cc1Br. The van der Waals surface area contributed by atoms with E-state index in [2.05, 4.69) is 25.6 Å². The molecule has 0 atom stereocenters. The summed E-state index contributed by atoms with van der Waals surface area (Å²) in [7, 11) is -2.33. The van der Waals surface area contributed by atoms with E-state index < -0.39 is 10.0 Å². The van der Waals surface area contributed by atoms with E-state index >= 15 is 0 Å². The average molecular weight is 356 g/mol. The smallest absolute Gasteiger partial charge is 0.281 e. The van der Waals surface area contributed by atoms with E-state index in [1.807, 2.05) is 6.07 Å². The third kappa shape index (κ3) is 2.61. The molecule has 1 aromatic heterocycles. The third-order valence-electron chi connectivity index (χ3n) is 2.51. The molecule has 1 aromatic carbocycles. The molecule has 2 rings (SSSR count). The Labute approximate surface area is 124 Å². The van der Waals surface area contributed by atoms with Crippen LogP contribution in [0.25, 0.3) is 0 Å². The molecule has 7 nitrogen and oxygen atoms in total. The average Bonchev–Trinajstić information content (AvgIpc) is 2.72. The first-order valence-corrected chi connectivity index (χ1v) is 7.62. The van der Waals surface area contributed by atoms with Crippen molar-refractivity contribution in [3.05, 3.63) is 34.6 Å². The van der Waals surface area contributed by atoms with Crippen molar-refractivity contribution in [3.63, 3.8) is 0 Å². The molecular weight excluding hydrogens is 346 g/mol. The van der Waals surface area contributed by atoms with Crippen LogP contribution in [-0.4, -0.2) is 18.0 Å². The van der Waals surface area contributed by atoms with Gasteiger partial charge in [0.05, 0.1) is 23.6 Å². The number of anilines is 2. The van der Waals surface area contributed by atoms with Crippen LogP contribution in [-0.2, 0) is 17.1 Å². The van der Waals surface area contributed by atoms with Gasteiger partial charge in [-0.05, 0) is 34.1 Å². The summed E-state index contributed by atoms with van der Waals surface area (Å²) in [5, 5.41) is 8.65. The van der Waals surface area contributed by atoms with Crippen molar-refractivity contribution in [1.82, 2.24) is 9.55 Å². The maximum absolute atomic E-state index is 12.3. The molecule has 0 radical (unpaired) electrons. The van der Waals surface area contributed by atoms with Crippen LogP contribution in [0, 0.1) is 11.3 Å². The number of nitrogens with one attached hydrogen (secondary N) is 1. The Hall–Kier alpha value is -2.05. The van der Waals surface area contributed by atoms with Crippen molar-refractivity contribution < 1.29 is 8.42 Å². The topological polar surface area (TPSA) is 114 Å². The van der Waals surface area contributed by atoms with Gasteiger partial charge in [-0.2, -0.15) is 13.7 Å². The predicted octanol–water partition coefficient (Wildman–Crippen LogP) is 1.44. The maximum Gasteiger partial charge on any atom is 0.281 e. The van der Waals surface area contributed by atoms with Gasteiger partial charge in [-0.25, -0.2) is 4.98 Å². The van der Waals surface area contributed by atoms with E-state index in [0.29, 0.717) is 15.7 Å². The first-order valence-electron chi connectivity index (χ1n) is 5.34. The Morgan fingerprint density at radius 3 is 2.70 bits per heavy atom. The molecule has 0 aliphatic heterocycles. The zero-order valence-corrected chi connectivity index (χ0v) is 12.7. The number of nitriles is 1. The molecule has 3 N–H and O–H groups in total. The van der Waals surface area contributed by atoms with Gasteiger partial charge in [0.25, 0.3) is 10.0 Å². The van der Waals surface area contributed by atoms with E-state index in [1.165, 1.54) is 36.1 Å². The van der Waals surface area contributed by atoms with Gasteiger partial charge in [0.1, 0.15) is 0 Å². The van der Waals surface area contributed by atoms with Crippen molar-refractivity contribution in [2.75, 3.05) is 10.5 Å². The van der Waals surface area contributed by atoms with Gasteiger partial charge < -0.3 is 10.3 Å².